The number of benzene rings is 8. The van der Waals surface area contributed by atoms with Crippen LogP contribution in [0.5, 0.6) is 0 Å². The topological polar surface area (TPSA) is 16.4 Å². The fourth-order valence-corrected chi connectivity index (χ4v) is 8.90. The molecule has 2 nitrogen and oxygen atoms in total. The van der Waals surface area contributed by atoms with Crippen molar-refractivity contribution in [2.45, 2.75) is 45.4 Å². The Balaban J connectivity index is 1.20. The van der Waals surface area contributed by atoms with Crippen LogP contribution in [-0.2, 0) is 10.8 Å². The molecule has 0 saturated carbocycles. The van der Waals surface area contributed by atoms with Crippen LogP contribution in [0.2, 0.25) is 0 Å². The molecule has 1 aliphatic rings. The number of nitrogens with zero attached hydrogens (tertiary/aromatic N) is 1. The minimum atomic E-state index is -0.129. The van der Waals surface area contributed by atoms with Gasteiger partial charge in [-0.05, 0) is 103 Å². The number of anilines is 3. The lowest BCUT2D eigenvalue weighted by Crippen LogP contribution is -2.17. The summed E-state index contributed by atoms with van der Waals surface area (Å²) in [5.41, 5.74) is 16.6. The van der Waals surface area contributed by atoms with Gasteiger partial charge in [-0.3, -0.25) is 0 Å². The Morgan fingerprint density at radius 1 is 0.491 bits per heavy atom. The van der Waals surface area contributed by atoms with Gasteiger partial charge < -0.3 is 9.32 Å². The van der Waals surface area contributed by atoms with E-state index in [-0.39, 0.29) is 10.8 Å². The molecule has 0 saturated heterocycles. The van der Waals surface area contributed by atoms with Crippen LogP contribution >= 0.6 is 0 Å². The van der Waals surface area contributed by atoms with Crippen LogP contribution in [0.4, 0.5) is 17.1 Å². The van der Waals surface area contributed by atoms with Crippen molar-refractivity contribution in [2.75, 3.05) is 4.90 Å². The third kappa shape index (κ3) is 5.31. The molecule has 10 rings (SSSR count). The van der Waals surface area contributed by atoms with E-state index in [1.165, 1.54) is 60.8 Å². The van der Waals surface area contributed by atoms with E-state index in [1.54, 1.807) is 0 Å². The molecule has 0 spiro atoms. The summed E-state index contributed by atoms with van der Waals surface area (Å²) in [4.78, 5) is 2.44. The molecule has 0 aliphatic heterocycles. The Kier molecular flexibility index (Phi) is 7.44. The highest BCUT2D eigenvalue weighted by atomic mass is 16.3. The summed E-state index contributed by atoms with van der Waals surface area (Å²) in [6.07, 6.45) is 0. The van der Waals surface area contributed by atoms with Crippen molar-refractivity contribution in [1.82, 2.24) is 0 Å². The molecule has 2 heteroatoms. The lowest BCUT2D eigenvalue weighted by Gasteiger charge is -2.29. The fraction of sp³-hybridized carbons (Fsp3) is 0.132. The highest BCUT2D eigenvalue weighted by molar-refractivity contribution is 6.14. The molecular formula is C53H43NO. The predicted octanol–water partition coefficient (Wildman–Crippen LogP) is 15.1. The van der Waals surface area contributed by atoms with Crippen LogP contribution < -0.4 is 4.90 Å². The standard InChI is InChI=1S/C53H43NO/c1-52(2,3)38-28-31-42-45(33-38)53(4,5)44-19-12-18-41(50(42)44)40-16-8-10-20-46(40)54(47-21-13-23-49-51(47)43-17-9-11-22-48(43)55-49)39-29-26-35(27-30-39)37-25-24-34-14-6-7-15-36(34)32-37/h6-33H,1-5H3. The zero-order valence-corrected chi connectivity index (χ0v) is 32.0. The highest BCUT2D eigenvalue weighted by Gasteiger charge is 2.38. The number of furan rings is 1. The van der Waals surface area contributed by atoms with Crippen LogP contribution in [0.3, 0.4) is 0 Å². The van der Waals surface area contributed by atoms with Gasteiger partial charge in [-0.1, -0.05) is 162 Å². The second kappa shape index (κ2) is 12.3. The number of rotatable bonds is 5. The second-order valence-electron chi connectivity index (χ2n) is 16.6. The molecule has 266 valence electrons. The Labute approximate surface area is 323 Å². The maximum Gasteiger partial charge on any atom is 0.137 e. The van der Waals surface area contributed by atoms with Gasteiger partial charge in [-0.25, -0.2) is 0 Å². The van der Waals surface area contributed by atoms with Gasteiger partial charge in [0.25, 0.3) is 0 Å². The van der Waals surface area contributed by atoms with Gasteiger partial charge in [-0.2, -0.15) is 0 Å². The Morgan fingerprint density at radius 3 is 2.00 bits per heavy atom. The summed E-state index contributed by atoms with van der Waals surface area (Å²) in [5, 5.41) is 4.70. The lowest BCUT2D eigenvalue weighted by molar-refractivity contribution is 0.584. The van der Waals surface area contributed by atoms with E-state index in [0.717, 1.165) is 39.0 Å². The minimum Gasteiger partial charge on any atom is -0.456 e. The first-order chi connectivity index (χ1) is 26.7. The number of fused-ring (bicyclic) bond motifs is 7. The van der Waals surface area contributed by atoms with E-state index in [2.05, 4.69) is 203 Å². The maximum absolute atomic E-state index is 6.47. The van der Waals surface area contributed by atoms with Crippen LogP contribution in [-0.4, -0.2) is 0 Å². The molecule has 1 aromatic heterocycles. The zero-order valence-electron chi connectivity index (χ0n) is 32.0. The second-order valence-corrected chi connectivity index (χ2v) is 16.6. The molecule has 1 aliphatic carbocycles. The number of para-hydroxylation sites is 2. The third-order valence-electron chi connectivity index (χ3n) is 11.8. The zero-order chi connectivity index (χ0) is 37.5. The Bertz CT molecular complexity index is 2940. The summed E-state index contributed by atoms with van der Waals surface area (Å²) in [7, 11) is 0. The first-order valence-electron chi connectivity index (χ1n) is 19.3. The fourth-order valence-electron chi connectivity index (χ4n) is 8.90. The summed E-state index contributed by atoms with van der Waals surface area (Å²) in [6, 6.07) is 62.1. The number of hydrogen-bond donors (Lipinski definition) is 0. The number of hydrogen-bond acceptors (Lipinski definition) is 2. The van der Waals surface area contributed by atoms with Crippen molar-refractivity contribution in [1.29, 1.82) is 0 Å². The van der Waals surface area contributed by atoms with Crippen LogP contribution in [0.25, 0.3) is 66.1 Å². The normalized spacial score (nSPS) is 13.3. The maximum atomic E-state index is 6.47. The molecule has 0 N–H and O–H groups in total. The molecule has 1 heterocycles. The van der Waals surface area contributed by atoms with Gasteiger partial charge in [0.1, 0.15) is 11.2 Å². The molecule has 0 unspecified atom stereocenters. The summed E-state index contributed by atoms with van der Waals surface area (Å²) in [5.74, 6) is 0. The Hall–Kier alpha value is -6.38. The van der Waals surface area contributed by atoms with Gasteiger partial charge >= 0.3 is 0 Å². The SMILES string of the molecule is CC(C)(C)c1ccc2c(c1)C(C)(C)c1cccc(-c3ccccc3N(c3ccc(-c4ccc5ccccc5c4)cc3)c3cccc4oc5ccccc5c34)c1-2. The predicted molar refractivity (Wildman–Crippen MR) is 233 cm³/mol. The average Bonchev–Trinajstić information content (AvgIpc) is 3.70. The Morgan fingerprint density at radius 2 is 1.16 bits per heavy atom. The highest BCUT2D eigenvalue weighted by Crippen LogP contribution is 2.55. The molecule has 0 amide bonds. The minimum absolute atomic E-state index is 0.0674. The van der Waals surface area contributed by atoms with Crippen molar-refractivity contribution >= 4 is 49.8 Å². The average molecular weight is 710 g/mol. The molecule has 0 fully saturated rings. The van der Waals surface area contributed by atoms with Crippen LogP contribution in [0.15, 0.2) is 174 Å². The smallest absolute Gasteiger partial charge is 0.137 e. The molecular weight excluding hydrogens is 667 g/mol. The molecule has 0 atom stereocenters. The quantitative estimate of drug-likeness (QED) is 0.177. The first kappa shape index (κ1) is 33.2. The van der Waals surface area contributed by atoms with E-state index in [0.29, 0.717) is 0 Å². The van der Waals surface area contributed by atoms with Crippen molar-refractivity contribution in [3.05, 3.63) is 187 Å². The molecule has 0 radical (unpaired) electrons. The lowest BCUT2D eigenvalue weighted by atomic mass is 9.79. The van der Waals surface area contributed by atoms with E-state index < -0.39 is 0 Å². The van der Waals surface area contributed by atoms with Crippen molar-refractivity contribution in [3.63, 3.8) is 0 Å². The van der Waals surface area contributed by atoms with E-state index in [1.807, 2.05) is 6.07 Å². The van der Waals surface area contributed by atoms with Crippen molar-refractivity contribution in [2.24, 2.45) is 0 Å². The molecule has 9 aromatic rings. The summed E-state index contributed by atoms with van der Waals surface area (Å²) < 4.78 is 6.47. The van der Waals surface area contributed by atoms with Gasteiger partial charge in [-0.15, -0.1) is 0 Å². The van der Waals surface area contributed by atoms with Gasteiger partial charge in [0.05, 0.1) is 16.8 Å². The monoisotopic (exact) mass is 709 g/mol. The van der Waals surface area contributed by atoms with E-state index >= 15 is 0 Å². The molecule has 0 bridgehead atoms. The van der Waals surface area contributed by atoms with E-state index in [4.69, 9.17) is 4.42 Å². The van der Waals surface area contributed by atoms with Gasteiger partial charge in [0.2, 0.25) is 0 Å². The summed E-state index contributed by atoms with van der Waals surface area (Å²) >= 11 is 0. The van der Waals surface area contributed by atoms with Gasteiger partial charge in [0, 0.05) is 22.1 Å². The third-order valence-corrected chi connectivity index (χ3v) is 11.8. The molecule has 8 aromatic carbocycles. The first-order valence-corrected chi connectivity index (χ1v) is 19.3. The molecule has 55 heavy (non-hydrogen) atoms. The summed E-state index contributed by atoms with van der Waals surface area (Å²) in [6.45, 7) is 11.7. The van der Waals surface area contributed by atoms with Crippen LogP contribution in [0, 0.1) is 0 Å². The van der Waals surface area contributed by atoms with Crippen LogP contribution in [0.1, 0.15) is 51.3 Å². The van der Waals surface area contributed by atoms with Crippen molar-refractivity contribution in [3.8, 4) is 33.4 Å². The largest absolute Gasteiger partial charge is 0.456 e. The van der Waals surface area contributed by atoms with E-state index in [9.17, 15) is 0 Å². The van der Waals surface area contributed by atoms with Crippen molar-refractivity contribution < 1.29 is 4.42 Å². The van der Waals surface area contributed by atoms with Gasteiger partial charge in [0.15, 0.2) is 0 Å².